The number of rotatable bonds is 4. The van der Waals surface area contributed by atoms with E-state index < -0.39 is 5.60 Å². The van der Waals surface area contributed by atoms with Crippen molar-refractivity contribution in [2.24, 2.45) is 0 Å². The van der Waals surface area contributed by atoms with Crippen LogP contribution >= 0.6 is 0 Å². The van der Waals surface area contributed by atoms with Gasteiger partial charge in [0.1, 0.15) is 0 Å². The Kier molecular flexibility index (Phi) is 4.74. The summed E-state index contributed by atoms with van der Waals surface area (Å²) in [6, 6.07) is 0.343. The molecule has 1 fully saturated rings. The van der Waals surface area contributed by atoms with E-state index in [1.165, 1.54) is 0 Å². The van der Waals surface area contributed by atoms with E-state index >= 15 is 0 Å². The molecule has 0 radical (unpaired) electrons. The Balaban J connectivity index is 2.19. The SMILES string of the molecule is CC(=O)NC1CCN(CCC(C)(C)O)CC1. The van der Waals surface area contributed by atoms with Gasteiger partial charge in [0.25, 0.3) is 0 Å². The highest BCUT2D eigenvalue weighted by Crippen LogP contribution is 2.14. The molecule has 1 saturated heterocycles. The fourth-order valence-electron chi connectivity index (χ4n) is 2.02. The van der Waals surface area contributed by atoms with Gasteiger partial charge in [-0.2, -0.15) is 0 Å². The number of piperidine rings is 1. The fraction of sp³-hybridized carbons (Fsp3) is 0.917. The van der Waals surface area contributed by atoms with E-state index in [2.05, 4.69) is 10.2 Å². The first-order valence-electron chi connectivity index (χ1n) is 6.09. The van der Waals surface area contributed by atoms with E-state index in [1.807, 2.05) is 13.8 Å². The van der Waals surface area contributed by atoms with Crippen molar-refractivity contribution < 1.29 is 9.90 Å². The summed E-state index contributed by atoms with van der Waals surface area (Å²) in [5, 5.41) is 12.6. The Bertz CT molecular complexity index is 228. The summed E-state index contributed by atoms with van der Waals surface area (Å²) in [5.74, 6) is 0.0648. The van der Waals surface area contributed by atoms with Gasteiger partial charge in [-0.15, -0.1) is 0 Å². The maximum atomic E-state index is 10.9. The van der Waals surface area contributed by atoms with Crippen molar-refractivity contribution in [1.82, 2.24) is 10.2 Å². The highest BCUT2D eigenvalue weighted by atomic mass is 16.3. The lowest BCUT2D eigenvalue weighted by atomic mass is 10.0. The molecule has 4 nitrogen and oxygen atoms in total. The van der Waals surface area contributed by atoms with Crippen LogP contribution in [0.15, 0.2) is 0 Å². The van der Waals surface area contributed by atoms with Crippen molar-refractivity contribution in [3.05, 3.63) is 0 Å². The van der Waals surface area contributed by atoms with Crippen LogP contribution in [0.25, 0.3) is 0 Å². The topological polar surface area (TPSA) is 52.6 Å². The van der Waals surface area contributed by atoms with Crippen LogP contribution in [0.1, 0.15) is 40.0 Å². The number of hydrogen-bond donors (Lipinski definition) is 2. The van der Waals surface area contributed by atoms with Crippen LogP contribution in [0.5, 0.6) is 0 Å². The molecule has 1 rings (SSSR count). The van der Waals surface area contributed by atoms with E-state index in [9.17, 15) is 9.90 Å². The predicted molar refractivity (Wildman–Crippen MR) is 64.2 cm³/mol. The number of aliphatic hydroxyl groups is 1. The van der Waals surface area contributed by atoms with Gasteiger partial charge in [0, 0.05) is 32.6 Å². The van der Waals surface area contributed by atoms with Gasteiger partial charge in [-0.25, -0.2) is 0 Å². The Hall–Kier alpha value is -0.610. The third kappa shape index (κ3) is 5.47. The molecule has 0 spiro atoms. The van der Waals surface area contributed by atoms with Gasteiger partial charge in [0.15, 0.2) is 0 Å². The van der Waals surface area contributed by atoms with Crippen LogP contribution in [0, 0.1) is 0 Å². The van der Waals surface area contributed by atoms with Gasteiger partial charge in [-0.3, -0.25) is 4.79 Å². The van der Waals surface area contributed by atoms with Gasteiger partial charge in [0.2, 0.25) is 5.91 Å². The molecule has 0 aromatic heterocycles. The Morgan fingerprint density at radius 3 is 2.44 bits per heavy atom. The Labute approximate surface area is 98.0 Å². The molecule has 94 valence electrons. The summed E-state index contributed by atoms with van der Waals surface area (Å²) in [6.45, 7) is 8.23. The molecule has 0 atom stereocenters. The fourth-order valence-corrected chi connectivity index (χ4v) is 2.02. The summed E-state index contributed by atoms with van der Waals surface area (Å²) in [4.78, 5) is 13.3. The maximum absolute atomic E-state index is 10.9. The van der Waals surface area contributed by atoms with Crippen LogP contribution < -0.4 is 5.32 Å². The number of amides is 1. The molecule has 0 bridgehead atoms. The average Bonchev–Trinajstić information content (AvgIpc) is 2.14. The minimum absolute atomic E-state index is 0.0648. The number of carbonyl (C=O) groups is 1. The molecule has 0 unspecified atom stereocenters. The highest BCUT2D eigenvalue weighted by Gasteiger charge is 2.21. The van der Waals surface area contributed by atoms with Gasteiger partial charge in [0.05, 0.1) is 5.60 Å². The summed E-state index contributed by atoms with van der Waals surface area (Å²) < 4.78 is 0. The maximum Gasteiger partial charge on any atom is 0.217 e. The number of nitrogens with zero attached hydrogens (tertiary/aromatic N) is 1. The summed E-state index contributed by atoms with van der Waals surface area (Å²) >= 11 is 0. The van der Waals surface area contributed by atoms with Crippen molar-refractivity contribution >= 4 is 5.91 Å². The molecule has 0 aliphatic carbocycles. The summed E-state index contributed by atoms with van der Waals surface area (Å²) in [6.07, 6.45) is 2.84. The van der Waals surface area contributed by atoms with Crippen molar-refractivity contribution in [2.75, 3.05) is 19.6 Å². The van der Waals surface area contributed by atoms with Crippen molar-refractivity contribution in [1.29, 1.82) is 0 Å². The highest BCUT2D eigenvalue weighted by molar-refractivity contribution is 5.73. The van der Waals surface area contributed by atoms with E-state index in [4.69, 9.17) is 0 Å². The molecule has 1 aliphatic rings. The first-order valence-corrected chi connectivity index (χ1v) is 6.09. The lowest BCUT2D eigenvalue weighted by Gasteiger charge is -2.33. The normalized spacial score (nSPS) is 19.8. The molecule has 1 aliphatic heterocycles. The Morgan fingerprint density at radius 2 is 2.00 bits per heavy atom. The number of hydrogen-bond acceptors (Lipinski definition) is 3. The number of nitrogens with one attached hydrogen (secondary N) is 1. The van der Waals surface area contributed by atoms with Crippen molar-refractivity contribution in [2.45, 2.75) is 51.7 Å². The third-order valence-corrected chi connectivity index (χ3v) is 3.03. The molecular formula is C12H24N2O2. The third-order valence-electron chi connectivity index (χ3n) is 3.03. The smallest absolute Gasteiger partial charge is 0.217 e. The first kappa shape index (κ1) is 13.5. The van der Waals surface area contributed by atoms with Crippen molar-refractivity contribution in [3.8, 4) is 0 Å². The molecule has 1 heterocycles. The van der Waals surface area contributed by atoms with Crippen LogP contribution in [-0.4, -0.2) is 47.2 Å². The second-order valence-electron chi connectivity index (χ2n) is 5.38. The quantitative estimate of drug-likeness (QED) is 0.746. The predicted octanol–water partition coefficient (Wildman–Crippen LogP) is 0.748. The Morgan fingerprint density at radius 1 is 1.44 bits per heavy atom. The van der Waals surface area contributed by atoms with Crippen LogP contribution in [-0.2, 0) is 4.79 Å². The zero-order valence-electron chi connectivity index (χ0n) is 10.6. The molecule has 16 heavy (non-hydrogen) atoms. The van der Waals surface area contributed by atoms with Crippen LogP contribution in [0.3, 0.4) is 0 Å². The molecule has 0 aromatic rings. The minimum atomic E-state index is -0.575. The second-order valence-corrected chi connectivity index (χ2v) is 5.38. The second kappa shape index (κ2) is 5.64. The number of carbonyl (C=O) groups excluding carboxylic acids is 1. The zero-order chi connectivity index (χ0) is 12.2. The van der Waals surface area contributed by atoms with E-state index in [1.54, 1.807) is 6.92 Å². The van der Waals surface area contributed by atoms with Gasteiger partial charge in [-0.05, 0) is 33.1 Å². The monoisotopic (exact) mass is 228 g/mol. The number of likely N-dealkylation sites (tertiary alicyclic amines) is 1. The molecule has 2 N–H and O–H groups in total. The lowest BCUT2D eigenvalue weighted by Crippen LogP contribution is -2.45. The average molecular weight is 228 g/mol. The summed E-state index contributed by atoms with van der Waals surface area (Å²) in [7, 11) is 0. The molecule has 0 aromatic carbocycles. The largest absolute Gasteiger partial charge is 0.390 e. The van der Waals surface area contributed by atoms with Gasteiger partial charge < -0.3 is 15.3 Å². The molecule has 4 heteroatoms. The molecule has 1 amide bonds. The van der Waals surface area contributed by atoms with E-state index in [-0.39, 0.29) is 5.91 Å². The molecule has 0 saturated carbocycles. The molecular weight excluding hydrogens is 204 g/mol. The van der Waals surface area contributed by atoms with Gasteiger partial charge in [-0.1, -0.05) is 0 Å². The van der Waals surface area contributed by atoms with E-state index in [0.29, 0.717) is 6.04 Å². The minimum Gasteiger partial charge on any atom is -0.390 e. The first-order chi connectivity index (χ1) is 7.37. The van der Waals surface area contributed by atoms with Crippen LogP contribution in [0.2, 0.25) is 0 Å². The van der Waals surface area contributed by atoms with E-state index in [0.717, 1.165) is 38.9 Å². The summed E-state index contributed by atoms with van der Waals surface area (Å²) in [5.41, 5.74) is -0.575. The van der Waals surface area contributed by atoms with Crippen LogP contribution in [0.4, 0.5) is 0 Å². The standard InChI is InChI=1S/C12H24N2O2/c1-10(15)13-11-4-7-14(8-5-11)9-6-12(2,3)16/h11,16H,4-9H2,1-3H3,(H,13,15). The van der Waals surface area contributed by atoms with Crippen molar-refractivity contribution in [3.63, 3.8) is 0 Å². The van der Waals surface area contributed by atoms with Gasteiger partial charge >= 0.3 is 0 Å². The zero-order valence-corrected chi connectivity index (χ0v) is 10.6. The lowest BCUT2D eigenvalue weighted by molar-refractivity contribution is -0.119.